The van der Waals surface area contributed by atoms with Crippen molar-refractivity contribution >= 4 is 21.9 Å². The Balaban J connectivity index is 2.15. The molecule has 1 aromatic heterocycles. The lowest BCUT2D eigenvalue weighted by Crippen LogP contribution is -2.17. The highest BCUT2D eigenvalue weighted by atomic mass is 79.9. The molecule has 0 atom stereocenters. The van der Waals surface area contributed by atoms with Crippen LogP contribution in [0.2, 0.25) is 0 Å². The average Bonchev–Trinajstić information content (AvgIpc) is 2.85. The second-order valence-electron chi connectivity index (χ2n) is 3.77. The molecular weight excluding hydrogens is 246 g/mol. The molecule has 0 spiro atoms. The van der Waals surface area contributed by atoms with E-state index in [0.717, 1.165) is 22.9 Å². The molecule has 0 saturated heterocycles. The molecule has 1 aliphatic carbocycles. The number of carboxylic acid groups (broad SMARTS) is 1. The van der Waals surface area contributed by atoms with Gasteiger partial charge in [-0.3, -0.25) is 9.78 Å². The summed E-state index contributed by atoms with van der Waals surface area (Å²) in [6.07, 6.45) is 5.59. The average molecular weight is 256 g/mol. The minimum atomic E-state index is -0.683. The summed E-state index contributed by atoms with van der Waals surface area (Å²) in [6, 6.07) is 1.93. The summed E-state index contributed by atoms with van der Waals surface area (Å²) in [6.45, 7) is 0. The molecule has 3 nitrogen and oxygen atoms in total. The predicted octanol–water partition coefficient (Wildman–Crippen LogP) is 2.25. The van der Waals surface area contributed by atoms with E-state index in [4.69, 9.17) is 5.11 Å². The van der Waals surface area contributed by atoms with Gasteiger partial charge in [0, 0.05) is 16.9 Å². The van der Waals surface area contributed by atoms with Crippen molar-refractivity contribution in [2.75, 3.05) is 0 Å². The van der Waals surface area contributed by atoms with E-state index in [1.807, 2.05) is 6.07 Å². The van der Waals surface area contributed by atoms with Gasteiger partial charge in [-0.15, -0.1) is 0 Å². The summed E-state index contributed by atoms with van der Waals surface area (Å²) >= 11 is 3.32. The fraction of sp³-hybridized carbons (Fsp3) is 0.400. The number of aliphatic carboxylic acids is 1. The number of pyridine rings is 1. The number of carbonyl (C=O) groups is 1. The molecule has 1 aliphatic rings. The molecule has 1 saturated carbocycles. The van der Waals surface area contributed by atoms with E-state index in [1.54, 1.807) is 12.4 Å². The van der Waals surface area contributed by atoms with E-state index in [9.17, 15) is 4.79 Å². The summed E-state index contributed by atoms with van der Waals surface area (Å²) in [5, 5.41) is 9.00. The second-order valence-corrected chi connectivity index (χ2v) is 4.69. The maximum absolute atomic E-state index is 10.9. The highest BCUT2D eigenvalue weighted by molar-refractivity contribution is 9.10. The third kappa shape index (κ3) is 1.80. The Bertz CT molecular complexity index is 374. The van der Waals surface area contributed by atoms with Crippen molar-refractivity contribution in [3.8, 4) is 0 Å². The van der Waals surface area contributed by atoms with Crippen molar-refractivity contribution < 1.29 is 9.90 Å². The van der Waals surface area contributed by atoms with Crippen LogP contribution in [0.4, 0.5) is 0 Å². The molecule has 0 bridgehead atoms. The first-order valence-electron chi connectivity index (χ1n) is 4.45. The van der Waals surface area contributed by atoms with Crippen molar-refractivity contribution in [2.45, 2.75) is 19.3 Å². The lowest BCUT2D eigenvalue weighted by atomic mass is 9.98. The maximum atomic E-state index is 10.9. The fourth-order valence-electron chi connectivity index (χ4n) is 1.56. The largest absolute Gasteiger partial charge is 0.481 e. The molecule has 4 heteroatoms. The Labute approximate surface area is 90.3 Å². The molecule has 0 amide bonds. The van der Waals surface area contributed by atoms with Crippen LogP contribution in [-0.2, 0) is 11.2 Å². The normalized spacial score (nSPS) is 17.8. The van der Waals surface area contributed by atoms with Gasteiger partial charge in [0.15, 0.2) is 0 Å². The summed E-state index contributed by atoms with van der Waals surface area (Å²) in [4.78, 5) is 15.0. The van der Waals surface area contributed by atoms with Crippen LogP contribution in [0.15, 0.2) is 22.9 Å². The number of hydrogen-bond donors (Lipinski definition) is 1. The molecule has 74 valence electrons. The van der Waals surface area contributed by atoms with Crippen LogP contribution in [0, 0.1) is 5.41 Å². The van der Waals surface area contributed by atoms with Gasteiger partial charge in [-0.05, 0) is 46.8 Å². The molecule has 1 heterocycles. The van der Waals surface area contributed by atoms with Gasteiger partial charge < -0.3 is 5.11 Å². The number of rotatable bonds is 3. The van der Waals surface area contributed by atoms with Crippen molar-refractivity contribution in [2.24, 2.45) is 5.41 Å². The minimum Gasteiger partial charge on any atom is -0.481 e. The number of nitrogens with zero attached hydrogens (tertiary/aromatic N) is 1. The van der Waals surface area contributed by atoms with E-state index in [1.165, 1.54) is 0 Å². The first kappa shape index (κ1) is 9.65. The van der Waals surface area contributed by atoms with Crippen LogP contribution in [-0.4, -0.2) is 16.1 Å². The molecule has 14 heavy (non-hydrogen) atoms. The Morgan fingerprint density at radius 2 is 2.29 bits per heavy atom. The van der Waals surface area contributed by atoms with E-state index >= 15 is 0 Å². The van der Waals surface area contributed by atoms with Gasteiger partial charge in [-0.2, -0.15) is 0 Å². The highest BCUT2D eigenvalue weighted by Gasteiger charge is 2.49. The first-order chi connectivity index (χ1) is 6.62. The molecule has 0 aliphatic heterocycles. The van der Waals surface area contributed by atoms with Gasteiger partial charge in [0.2, 0.25) is 0 Å². The molecule has 1 fully saturated rings. The second kappa shape index (κ2) is 3.35. The minimum absolute atomic E-state index is 0.498. The molecule has 0 unspecified atom stereocenters. The van der Waals surface area contributed by atoms with Gasteiger partial charge in [-0.1, -0.05) is 0 Å². The van der Waals surface area contributed by atoms with Crippen LogP contribution in [0.5, 0.6) is 0 Å². The van der Waals surface area contributed by atoms with Crippen molar-refractivity contribution in [3.05, 3.63) is 28.5 Å². The van der Waals surface area contributed by atoms with Crippen molar-refractivity contribution in [1.82, 2.24) is 4.98 Å². The third-order valence-corrected chi connectivity index (χ3v) is 3.04. The van der Waals surface area contributed by atoms with Gasteiger partial charge in [0.1, 0.15) is 0 Å². The van der Waals surface area contributed by atoms with Crippen LogP contribution < -0.4 is 0 Å². The maximum Gasteiger partial charge on any atom is 0.309 e. The number of halogens is 1. The van der Waals surface area contributed by atoms with E-state index in [2.05, 4.69) is 20.9 Å². The first-order valence-corrected chi connectivity index (χ1v) is 5.25. The lowest BCUT2D eigenvalue weighted by Gasteiger charge is -2.08. The van der Waals surface area contributed by atoms with E-state index in [0.29, 0.717) is 6.42 Å². The molecular formula is C10H10BrNO2. The van der Waals surface area contributed by atoms with Crippen LogP contribution in [0.25, 0.3) is 0 Å². The highest BCUT2D eigenvalue weighted by Crippen LogP contribution is 2.48. The topological polar surface area (TPSA) is 50.2 Å². The number of aromatic nitrogens is 1. The Morgan fingerprint density at radius 1 is 1.57 bits per heavy atom. The Hall–Kier alpha value is -0.900. The standard InChI is InChI=1S/C10H10BrNO2/c11-8-3-7(5-12-6-8)4-10(1-2-10)9(13)14/h3,5-6H,1-2,4H2,(H,13,14). The summed E-state index contributed by atoms with van der Waals surface area (Å²) in [5.74, 6) is -0.683. The van der Waals surface area contributed by atoms with Gasteiger partial charge in [-0.25, -0.2) is 0 Å². The third-order valence-electron chi connectivity index (χ3n) is 2.61. The van der Waals surface area contributed by atoms with E-state index < -0.39 is 11.4 Å². The molecule has 0 radical (unpaired) electrons. The monoisotopic (exact) mass is 255 g/mol. The van der Waals surface area contributed by atoms with E-state index in [-0.39, 0.29) is 0 Å². The Kier molecular flexibility index (Phi) is 2.31. The smallest absolute Gasteiger partial charge is 0.309 e. The van der Waals surface area contributed by atoms with Crippen molar-refractivity contribution in [3.63, 3.8) is 0 Å². The summed E-state index contributed by atoms with van der Waals surface area (Å²) in [7, 11) is 0. The zero-order valence-corrected chi connectivity index (χ0v) is 9.12. The molecule has 0 aromatic carbocycles. The lowest BCUT2D eigenvalue weighted by molar-refractivity contribution is -0.143. The number of carboxylic acids is 1. The van der Waals surface area contributed by atoms with Crippen molar-refractivity contribution in [1.29, 1.82) is 0 Å². The molecule has 1 aromatic rings. The fourth-order valence-corrected chi connectivity index (χ4v) is 1.97. The summed E-state index contributed by atoms with van der Waals surface area (Å²) in [5.41, 5.74) is 0.488. The van der Waals surface area contributed by atoms with Crippen LogP contribution >= 0.6 is 15.9 Å². The molecule has 2 rings (SSSR count). The quantitative estimate of drug-likeness (QED) is 0.902. The SMILES string of the molecule is O=C(O)C1(Cc2cncc(Br)c2)CC1. The van der Waals surface area contributed by atoms with Gasteiger partial charge >= 0.3 is 5.97 Å². The zero-order chi connectivity index (χ0) is 10.2. The summed E-state index contributed by atoms with van der Waals surface area (Å²) < 4.78 is 0.899. The van der Waals surface area contributed by atoms with Gasteiger partial charge in [0.25, 0.3) is 0 Å². The zero-order valence-electron chi connectivity index (χ0n) is 7.53. The predicted molar refractivity (Wildman–Crippen MR) is 54.9 cm³/mol. The van der Waals surface area contributed by atoms with Crippen LogP contribution in [0.1, 0.15) is 18.4 Å². The molecule has 1 N–H and O–H groups in total. The Morgan fingerprint density at radius 3 is 2.79 bits per heavy atom. The van der Waals surface area contributed by atoms with Crippen LogP contribution in [0.3, 0.4) is 0 Å². The number of hydrogen-bond acceptors (Lipinski definition) is 2. The van der Waals surface area contributed by atoms with Gasteiger partial charge in [0.05, 0.1) is 5.41 Å².